The molecule has 6 nitrogen and oxygen atoms in total. The Hall–Kier alpha value is -5.03. The van der Waals surface area contributed by atoms with Gasteiger partial charge in [-0.05, 0) is 58.3 Å². The van der Waals surface area contributed by atoms with Crippen LogP contribution in [0.5, 0.6) is 0 Å². The zero-order valence-corrected chi connectivity index (χ0v) is 24.3. The standard InChI is InChI=1S/C36H29N2O4P/c1-24(37-36(39)38-28-16-6-3-7-17-28)35(27-14-4-2-5-15-27)42-43-40-31-22-20-25-12-8-10-18-29(25)33(31)34-30-19-11-9-13-26(30)21-23-32(34)41-43/h2-24,35H,1H3,(H2,37,38,39)/t24-,35-/m0/s1. The molecule has 1 heterocycles. The summed E-state index contributed by atoms with van der Waals surface area (Å²) in [4.78, 5) is 12.9. The average Bonchev–Trinajstić information content (AvgIpc) is 3.21. The first-order chi connectivity index (χ1) is 21.1. The quantitative estimate of drug-likeness (QED) is 0.204. The van der Waals surface area contributed by atoms with Gasteiger partial charge in [0.2, 0.25) is 0 Å². The van der Waals surface area contributed by atoms with E-state index >= 15 is 0 Å². The molecule has 43 heavy (non-hydrogen) atoms. The fourth-order valence-corrected chi connectivity index (χ4v) is 6.78. The molecule has 6 aromatic carbocycles. The summed E-state index contributed by atoms with van der Waals surface area (Å²) in [5.74, 6) is 0. The number of urea groups is 1. The topological polar surface area (TPSA) is 76.6 Å². The van der Waals surface area contributed by atoms with Crippen LogP contribution in [0.4, 0.5) is 10.5 Å². The third-order valence-corrected chi connectivity index (χ3v) is 8.64. The van der Waals surface area contributed by atoms with Gasteiger partial charge in [0.05, 0.1) is 6.04 Å². The third kappa shape index (κ3) is 5.46. The van der Waals surface area contributed by atoms with Crippen LogP contribution in [0.2, 0.25) is 0 Å². The molecule has 0 fully saturated rings. The molecule has 0 saturated carbocycles. The molecule has 2 N–H and O–H groups in total. The molecule has 7 rings (SSSR count). The van der Waals surface area contributed by atoms with Crippen molar-refractivity contribution in [1.29, 1.82) is 0 Å². The molecule has 0 spiro atoms. The summed E-state index contributed by atoms with van der Waals surface area (Å²) in [5.41, 5.74) is 2.98. The maximum atomic E-state index is 12.9. The van der Waals surface area contributed by atoms with E-state index in [4.69, 9.17) is 12.9 Å². The Bertz CT molecular complexity index is 2010. The maximum Gasteiger partial charge on any atom is 0.388 e. The third-order valence-electron chi connectivity index (χ3n) is 7.55. The van der Waals surface area contributed by atoms with Crippen LogP contribution < -0.4 is 15.2 Å². The van der Waals surface area contributed by atoms with Crippen molar-refractivity contribution in [3.8, 4) is 0 Å². The Balaban J connectivity index is 1.36. The van der Waals surface area contributed by atoms with Crippen molar-refractivity contribution in [2.45, 2.75) is 19.1 Å². The predicted molar refractivity (Wildman–Crippen MR) is 175 cm³/mol. The van der Waals surface area contributed by atoms with Crippen LogP contribution >= 0.6 is 8.24 Å². The number of nitrogens with one attached hydrogen (secondary N) is 2. The number of fused-ring (bicyclic) bond motifs is 7. The molecular weight excluding hydrogens is 555 g/mol. The van der Waals surface area contributed by atoms with Gasteiger partial charge in [0.25, 0.3) is 0 Å². The lowest BCUT2D eigenvalue weighted by Crippen LogP contribution is -2.41. The van der Waals surface area contributed by atoms with Crippen LogP contribution in [-0.2, 0) is 0 Å². The van der Waals surface area contributed by atoms with E-state index in [-0.39, 0.29) is 6.03 Å². The zero-order chi connectivity index (χ0) is 29.2. The number of hydrogen-bond acceptors (Lipinski definition) is 4. The van der Waals surface area contributed by atoms with Crippen LogP contribution in [0, 0.1) is 0 Å². The van der Waals surface area contributed by atoms with E-state index in [1.54, 1.807) is 0 Å². The highest BCUT2D eigenvalue weighted by molar-refractivity contribution is 7.31. The Morgan fingerprint density at radius 2 is 1.16 bits per heavy atom. The van der Waals surface area contributed by atoms with Gasteiger partial charge in [0.1, 0.15) is 17.3 Å². The Morgan fingerprint density at radius 1 is 0.651 bits per heavy atom. The van der Waals surface area contributed by atoms with Gasteiger partial charge >= 0.3 is 14.3 Å². The van der Waals surface area contributed by atoms with Crippen molar-refractivity contribution in [1.82, 2.24) is 5.32 Å². The minimum atomic E-state index is -1.92. The Kier molecular flexibility index (Phi) is 7.30. The lowest BCUT2D eigenvalue weighted by molar-refractivity contribution is 0.204. The highest BCUT2D eigenvalue weighted by Gasteiger charge is 2.25. The monoisotopic (exact) mass is 584 g/mol. The van der Waals surface area contributed by atoms with E-state index in [0.29, 0.717) is 16.9 Å². The minimum absolute atomic E-state index is 0.327. The summed E-state index contributed by atoms with van der Waals surface area (Å²) < 4.78 is 19.9. The second kappa shape index (κ2) is 11.7. The number of rotatable bonds is 6. The van der Waals surface area contributed by atoms with Crippen LogP contribution in [0.25, 0.3) is 43.5 Å². The van der Waals surface area contributed by atoms with E-state index in [2.05, 4.69) is 47.0 Å². The molecule has 2 atom stereocenters. The smallest absolute Gasteiger partial charge is 0.388 e. The van der Waals surface area contributed by atoms with Gasteiger partial charge in [0, 0.05) is 16.5 Å². The molecular formula is C36H29N2O4P. The van der Waals surface area contributed by atoms with Crippen molar-refractivity contribution in [3.63, 3.8) is 0 Å². The van der Waals surface area contributed by atoms with E-state index in [1.165, 1.54) is 0 Å². The van der Waals surface area contributed by atoms with E-state index < -0.39 is 20.4 Å². The Labute approximate surface area is 249 Å². The molecule has 1 aromatic heterocycles. The fourth-order valence-electron chi connectivity index (χ4n) is 5.54. The molecule has 0 radical (unpaired) electrons. The minimum Gasteiger partial charge on any atom is -0.399 e. The molecule has 0 aliphatic heterocycles. The highest BCUT2D eigenvalue weighted by atomic mass is 31.1. The summed E-state index contributed by atoms with van der Waals surface area (Å²) in [7, 11) is -1.92. The molecule has 0 aliphatic carbocycles. The first-order valence-electron chi connectivity index (χ1n) is 14.2. The van der Waals surface area contributed by atoms with E-state index in [1.807, 2.05) is 104 Å². The molecule has 212 valence electrons. The second-order valence-electron chi connectivity index (χ2n) is 10.4. The largest absolute Gasteiger partial charge is 0.399 e. The normalized spacial score (nSPS) is 12.8. The molecule has 7 heteroatoms. The van der Waals surface area contributed by atoms with Crippen LogP contribution in [0.3, 0.4) is 0 Å². The predicted octanol–water partition coefficient (Wildman–Crippen LogP) is 9.98. The number of benzene rings is 6. The second-order valence-corrected chi connectivity index (χ2v) is 11.4. The van der Waals surface area contributed by atoms with Crippen molar-refractivity contribution >= 4 is 63.4 Å². The van der Waals surface area contributed by atoms with Crippen molar-refractivity contribution in [3.05, 3.63) is 139 Å². The number of hydrogen-bond donors (Lipinski definition) is 2. The Morgan fingerprint density at radius 3 is 1.74 bits per heavy atom. The highest BCUT2D eigenvalue weighted by Crippen LogP contribution is 2.42. The number of amides is 2. The first-order valence-corrected chi connectivity index (χ1v) is 15.3. The molecule has 0 saturated heterocycles. The SMILES string of the molecule is C[C@H](NC(=O)Nc1ccccc1)[C@H](Op1oc2ccc3ccccc3c2c2c(ccc3ccccc32)o1)c1ccccc1. The summed E-state index contributed by atoms with van der Waals surface area (Å²) in [6, 6.07) is 43.1. The van der Waals surface area contributed by atoms with E-state index in [9.17, 15) is 4.79 Å². The summed E-state index contributed by atoms with van der Waals surface area (Å²) in [6.45, 7) is 1.91. The van der Waals surface area contributed by atoms with Gasteiger partial charge in [-0.2, -0.15) is 0 Å². The van der Waals surface area contributed by atoms with E-state index in [0.717, 1.165) is 37.9 Å². The van der Waals surface area contributed by atoms with Gasteiger partial charge in [-0.3, -0.25) is 4.52 Å². The first kappa shape index (κ1) is 26.8. The van der Waals surface area contributed by atoms with Crippen LogP contribution in [0.15, 0.2) is 142 Å². The average molecular weight is 585 g/mol. The zero-order valence-electron chi connectivity index (χ0n) is 23.4. The van der Waals surface area contributed by atoms with Crippen molar-refractivity contribution < 1.29 is 17.7 Å². The number of anilines is 1. The number of para-hydroxylation sites is 1. The van der Waals surface area contributed by atoms with Crippen LogP contribution in [-0.4, -0.2) is 12.1 Å². The molecule has 2 amide bonds. The van der Waals surface area contributed by atoms with Crippen molar-refractivity contribution in [2.75, 3.05) is 5.32 Å². The summed E-state index contributed by atoms with van der Waals surface area (Å²) in [6.07, 6.45) is -0.556. The number of carbonyl (C=O) groups excluding carboxylic acids is 1. The summed E-state index contributed by atoms with van der Waals surface area (Å²) >= 11 is 0. The molecule has 0 aliphatic rings. The fraction of sp³-hybridized carbons (Fsp3) is 0.0833. The lowest BCUT2D eigenvalue weighted by atomic mass is 9.99. The molecule has 7 aromatic rings. The van der Waals surface area contributed by atoms with Crippen molar-refractivity contribution in [2.24, 2.45) is 0 Å². The lowest BCUT2D eigenvalue weighted by Gasteiger charge is -2.24. The van der Waals surface area contributed by atoms with Crippen LogP contribution in [0.1, 0.15) is 18.6 Å². The van der Waals surface area contributed by atoms with Gasteiger partial charge in [-0.15, -0.1) is 0 Å². The maximum absolute atomic E-state index is 12.9. The molecule has 0 unspecified atom stereocenters. The van der Waals surface area contributed by atoms with Gasteiger partial charge < -0.3 is 19.0 Å². The van der Waals surface area contributed by atoms with Gasteiger partial charge in [0.15, 0.2) is 0 Å². The molecule has 0 bridgehead atoms. The number of carbonyl (C=O) groups is 1. The summed E-state index contributed by atoms with van der Waals surface area (Å²) in [5, 5.41) is 12.3. The van der Waals surface area contributed by atoms with Gasteiger partial charge in [-0.1, -0.05) is 109 Å². The van der Waals surface area contributed by atoms with Gasteiger partial charge in [-0.25, -0.2) is 4.79 Å².